The van der Waals surface area contributed by atoms with Crippen LogP contribution in [0, 0.1) is 0 Å². The van der Waals surface area contributed by atoms with Crippen LogP contribution in [-0.4, -0.2) is 18.4 Å². The molecule has 1 N–H and O–H groups in total. The minimum Gasteiger partial charge on any atom is -0.276 e. The first-order valence-electron chi connectivity index (χ1n) is 6.70. The van der Waals surface area contributed by atoms with E-state index >= 15 is 0 Å². The van der Waals surface area contributed by atoms with E-state index < -0.39 is 10.0 Å². The van der Waals surface area contributed by atoms with Crippen molar-refractivity contribution in [2.45, 2.75) is 4.90 Å². The van der Waals surface area contributed by atoms with Crippen molar-refractivity contribution in [3.05, 3.63) is 71.5 Å². The lowest BCUT2D eigenvalue weighted by Gasteiger charge is -2.08. The van der Waals surface area contributed by atoms with Crippen LogP contribution in [0.2, 0.25) is 0 Å². The summed E-state index contributed by atoms with van der Waals surface area (Å²) in [6, 6.07) is 15.9. The van der Waals surface area contributed by atoms with Gasteiger partial charge in [-0.2, -0.15) is 0 Å². The molecule has 116 valence electrons. The van der Waals surface area contributed by atoms with Gasteiger partial charge >= 0.3 is 0 Å². The zero-order valence-electron chi connectivity index (χ0n) is 11.8. The van der Waals surface area contributed by atoms with Gasteiger partial charge in [0.15, 0.2) is 5.82 Å². The molecule has 0 aliphatic rings. The van der Waals surface area contributed by atoms with E-state index in [-0.39, 0.29) is 4.90 Å². The first-order valence-corrected chi connectivity index (χ1v) is 8.98. The Balaban J connectivity index is 1.83. The predicted molar refractivity (Wildman–Crippen MR) is 92.4 cm³/mol. The maximum atomic E-state index is 12.3. The quantitative estimate of drug-likeness (QED) is 0.737. The summed E-state index contributed by atoms with van der Waals surface area (Å²) < 4.78 is 27.8. The van der Waals surface area contributed by atoms with E-state index in [0.29, 0.717) is 16.0 Å². The Bertz CT molecular complexity index is 914. The lowest BCUT2D eigenvalue weighted by Crippen LogP contribution is -2.13. The van der Waals surface area contributed by atoms with Gasteiger partial charge in [-0.3, -0.25) is 4.72 Å². The number of hydrogen-bond donors (Lipinski definition) is 1. The van der Waals surface area contributed by atoms with Crippen molar-refractivity contribution in [1.29, 1.82) is 0 Å². The van der Waals surface area contributed by atoms with Gasteiger partial charge in [-0.05, 0) is 18.2 Å². The number of rotatable bonds is 4. The van der Waals surface area contributed by atoms with Crippen LogP contribution in [0.25, 0.3) is 11.4 Å². The maximum Gasteiger partial charge on any atom is 0.262 e. The summed E-state index contributed by atoms with van der Waals surface area (Å²) in [5, 5.41) is 0. The lowest BCUT2D eigenvalue weighted by atomic mass is 10.2. The molecule has 0 aliphatic carbocycles. The highest BCUT2D eigenvalue weighted by molar-refractivity contribution is 9.10. The number of benzene rings is 2. The molecule has 0 saturated carbocycles. The monoisotopic (exact) mass is 389 g/mol. The zero-order valence-corrected chi connectivity index (χ0v) is 14.3. The molecule has 23 heavy (non-hydrogen) atoms. The first-order chi connectivity index (χ1) is 11.0. The number of anilines is 1. The molecule has 0 spiro atoms. The van der Waals surface area contributed by atoms with Crippen LogP contribution in [0.5, 0.6) is 0 Å². The summed E-state index contributed by atoms with van der Waals surface area (Å²) >= 11 is 3.26. The second-order valence-corrected chi connectivity index (χ2v) is 7.32. The number of nitrogens with zero attached hydrogens (tertiary/aromatic N) is 2. The summed E-state index contributed by atoms with van der Waals surface area (Å²) in [7, 11) is -3.67. The van der Waals surface area contributed by atoms with Crippen LogP contribution in [0.3, 0.4) is 0 Å². The average molecular weight is 390 g/mol. The third-order valence-electron chi connectivity index (χ3n) is 3.04. The molecule has 3 rings (SSSR count). The van der Waals surface area contributed by atoms with Crippen molar-refractivity contribution in [3.8, 4) is 11.4 Å². The fourth-order valence-corrected chi connectivity index (χ4v) is 3.59. The highest BCUT2D eigenvalue weighted by Crippen LogP contribution is 2.20. The molecule has 0 atom stereocenters. The number of nitrogens with one attached hydrogen (secondary N) is 1. The second kappa shape index (κ2) is 6.47. The maximum absolute atomic E-state index is 12.3. The van der Waals surface area contributed by atoms with E-state index in [0.717, 1.165) is 5.56 Å². The number of halogens is 1. The van der Waals surface area contributed by atoms with Gasteiger partial charge in [0.1, 0.15) is 0 Å². The van der Waals surface area contributed by atoms with E-state index in [1.807, 2.05) is 30.3 Å². The molecular formula is C16H12BrN3O2S. The average Bonchev–Trinajstić information content (AvgIpc) is 2.56. The molecule has 5 nitrogen and oxygen atoms in total. The summed E-state index contributed by atoms with van der Waals surface area (Å²) in [4.78, 5) is 8.56. The number of sulfonamides is 1. The SMILES string of the molecule is O=S(=O)(Nc1cnc(-c2ccccc2)nc1)c1cccc(Br)c1. The van der Waals surface area contributed by atoms with Gasteiger partial charge in [0.05, 0.1) is 23.0 Å². The Morgan fingerprint density at radius 1 is 0.913 bits per heavy atom. The fourth-order valence-electron chi connectivity index (χ4n) is 1.97. The van der Waals surface area contributed by atoms with Crippen LogP contribution in [0.4, 0.5) is 5.69 Å². The van der Waals surface area contributed by atoms with Crippen LogP contribution in [-0.2, 0) is 10.0 Å². The van der Waals surface area contributed by atoms with E-state index in [9.17, 15) is 8.42 Å². The molecule has 0 saturated heterocycles. The largest absolute Gasteiger partial charge is 0.276 e. The number of hydrogen-bond acceptors (Lipinski definition) is 4. The molecule has 1 aromatic heterocycles. The molecule has 0 radical (unpaired) electrons. The molecule has 0 amide bonds. The van der Waals surface area contributed by atoms with Crippen LogP contribution in [0.1, 0.15) is 0 Å². The van der Waals surface area contributed by atoms with Crippen LogP contribution >= 0.6 is 15.9 Å². The van der Waals surface area contributed by atoms with Crippen molar-refractivity contribution in [1.82, 2.24) is 9.97 Å². The molecule has 0 bridgehead atoms. The summed E-state index contributed by atoms with van der Waals surface area (Å²) in [6.07, 6.45) is 2.90. The van der Waals surface area contributed by atoms with Crippen LogP contribution in [0.15, 0.2) is 76.4 Å². The molecule has 3 aromatic rings. The summed E-state index contributed by atoms with van der Waals surface area (Å²) in [5.74, 6) is 0.538. The second-order valence-electron chi connectivity index (χ2n) is 4.72. The molecule has 2 aromatic carbocycles. The smallest absolute Gasteiger partial charge is 0.262 e. The fraction of sp³-hybridized carbons (Fsp3) is 0. The third kappa shape index (κ3) is 3.75. The lowest BCUT2D eigenvalue weighted by molar-refractivity contribution is 0.601. The molecule has 0 unspecified atom stereocenters. The van der Waals surface area contributed by atoms with Crippen molar-refractivity contribution in [2.24, 2.45) is 0 Å². The highest BCUT2D eigenvalue weighted by Gasteiger charge is 2.15. The molecule has 1 heterocycles. The molecule has 7 heteroatoms. The van der Waals surface area contributed by atoms with Crippen molar-refractivity contribution >= 4 is 31.6 Å². The Morgan fingerprint density at radius 3 is 2.26 bits per heavy atom. The van der Waals surface area contributed by atoms with Gasteiger partial charge in [-0.1, -0.05) is 52.3 Å². The summed E-state index contributed by atoms with van der Waals surface area (Å²) in [5.41, 5.74) is 1.18. The first kappa shape index (κ1) is 15.6. The van der Waals surface area contributed by atoms with E-state index in [1.165, 1.54) is 24.5 Å². The topological polar surface area (TPSA) is 72.0 Å². The standard InChI is InChI=1S/C16H12BrN3O2S/c17-13-7-4-8-15(9-13)23(21,22)20-14-10-18-16(19-11-14)12-5-2-1-3-6-12/h1-11,20H. The molecule has 0 fully saturated rings. The molecule has 0 aliphatic heterocycles. The van der Waals surface area contributed by atoms with Gasteiger partial charge < -0.3 is 0 Å². The molecular weight excluding hydrogens is 378 g/mol. The van der Waals surface area contributed by atoms with Gasteiger partial charge in [0.25, 0.3) is 10.0 Å². The Kier molecular flexibility index (Phi) is 4.40. The van der Waals surface area contributed by atoms with Crippen molar-refractivity contribution in [2.75, 3.05) is 4.72 Å². The van der Waals surface area contributed by atoms with Crippen LogP contribution < -0.4 is 4.72 Å². The summed E-state index contributed by atoms with van der Waals surface area (Å²) in [6.45, 7) is 0. The zero-order chi connectivity index (χ0) is 16.3. The van der Waals surface area contributed by atoms with Crippen molar-refractivity contribution < 1.29 is 8.42 Å². The normalized spacial score (nSPS) is 11.2. The Morgan fingerprint density at radius 2 is 1.61 bits per heavy atom. The van der Waals surface area contributed by atoms with Gasteiger partial charge in [0.2, 0.25) is 0 Å². The van der Waals surface area contributed by atoms with Gasteiger partial charge in [-0.25, -0.2) is 18.4 Å². The minimum atomic E-state index is -3.67. The predicted octanol–water partition coefficient (Wildman–Crippen LogP) is 3.71. The minimum absolute atomic E-state index is 0.166. The van der Waals surface area contributed by atoms with E-state index in [1.54, 1.807) is 12.1 Å². The Hall–Kier alpha value is -2.25. The van der Waals surface area contributed by atoms with Gasteiger partial charge in [-0.15, -0.1) is 0 Å². The Labute approximate surface area is 142 Å². The van der Waals surface area contributed by atoms with Crippen molar-refractivity contribution in [3.63, 3.8) is 0 Å². The number of aromatic nitrogens is 2. The van der Waals surface area contributed by atoms with Gasteiger partial charge in [0, 0.05) is 10.0 Å². The van der Waals surface area contributed by atoms with E-state index in [4.69, 9.17) is 0 Å². The highest BCUT2D eigenvalue weighted by atomic mass is 79.9. The van der Waals surface area contributed by atoms with E-state index in [2.05, 4.69) is 30.6 Å². The third-order valence-corrected chi connectivity index (χ3v) is 4.91.